The lowest BCUT2D eigenvalue weighted by molar-refractivity contribution is -0.139. The summed E-state index contributed by atoms with van der Waals surface area (Å²) in [4.78, 5) is 23.9. The Morgan fingerprint density at radius 3 is 2.40 bits per heavy atom. The summed E-state index contributed by atoms with van der Waals surface area (Å²) in [5.74, 6) is -0.608. The number of carboxylic acids is 1. The molecular formula is C11H19NO3. The molecule has 0 saturated heterocycles. The van der Waals surface area contributed by atoms with Crippen LogP contribution >= 0.6 is 0 Å². The predicted octanol–water partition coefficient (Wildman–Crippen LogP) is 1.50. The van der Waals surface area contributed by atoms with E-state index >= 15 is 0 Å². The molecule has 0 aliphatic heterocycles. The second-order valence-corrected chi connectivity index (χ2v) is 4.36. The van der Waals surface area contributed by atoms with Gasteiger partial charge in [0, 0.05) is 25.4 Å². The Hall–Kier alpha value is -1.06. The highest BCUT2D eigenvalue weighted by Gasteiger charge is 2.49. The summed E-state index contributed by atoms with van der Waals surface area (Å²) in [5.41, 5.74) is -0.0992. The predicted molar refractivity (Wildman–Crippen MR) is 56.5 cm³/mol. The molecule has 0 atom stereocenters. The van der Waals surface area contributed by atoms with Gasteiger partial charge in [-0.05, 0) is 25.7 Å². The summed E-state index contributed by atoms with van der Waals surface area (Å²) in [6, 6.07) is 0. The standard InChI is InChI=1S/C11H19NO3/c1-3-11(6-7-11)10(15)12(2)8-4-5-9(13)14/h3-8H2,1-2H3,(H,13,14). The van der Waals surface area contributed by atoms with E-state index in [0.717, 1.165) is 19.3 Å². The average Bonchev–Trinajstić information content (AvgIpc) is 2.96. The summed E-state index contributed by atoms with van der Waals surface area (Å²) in [5, 5.41) is 8.48. The van der Waals surface area contributed by atoms with Gasteiger partial charge in [0.15, 0.2) is 0 Å². The molecule has 1 saturated carbocycles. The highest BCUT2D eigenvalue weighted by molar-refractivity contribution is 5.85. The van der Waals surface area contributed by atoms with E-state index in [1.165, 1.54) is 0 Å². The van der Waals surface area contributed by atoms with Crippen LogP contribution in [0.15, 0.2) is 0 Å². The maximum absolute atomic E-state index is 11.9. The second kappa shape index (κ2) is 4.64. The van der Waals surface area contributed by atoms with Gasteiger partial charge in [-0.25, -0.2) is 0 Å². The average molecular weight is 213 g/mol. The minimum absolute atomic E-state index is 0.0992. The number of carboxylic acid groups (broad SMARTS) is 1. The van der Waals surface area contributed by atoms with Gasteiger partial charge in [0.1, 0.15) is 0 Å². The van der Waals surface area contributed by atoms with E-state index in [-0.39, 0.29) is 17.7 Å². The first-order chi connectivity index (χ1) is 7.02. The van der Waals surface area contributed by atoms with Gasteiger partial charge in [-0.2, -0.15) is 0 Å². The minimum atomic E-state index is -0.799. The van der Waals surface area contributed by atoms with Gasteiger partial charge in [0.25, 0.3) is 0 Å². The molecule has 0 aromatic heterocycles. The number of carbonyl (C=O) groups excluding carboxylic acids is 1. The molecule has 86 valence electrons. The van der Waals surface area contributed by atoms with Crippen molar-refractivity contribution in [2.75, 3.05) is 13.6 Å². The van der Waals surface area contributed by atoms with Crippen LogP contribution in [0.3, 0.4) is 0 Å². The zero-order chi connectivity index (χ0) is 11.5. The van der Waals surface area contributed by atoms with Crippen molar-refractivity contribution < 1.29 is 14.7 Å². The quantitative estimate of drug-likeness (QED) is 0.727. The first-order valence-corrected chi connectivity index (χ1v) is 5.49. The van der Waals surface area contributed by atoms with E-state index in [2.05, 4.69) is 0 Å². The molecule has 1 rings (SSSR count). The highest BCUT2D eigenvalue weighted by Crippen LogP contribution is 2.49. The van der Waals surface area contributed by atoms with Gasteiger partial charge >= 0.3 is 5.97 Å². The lowest BCUT2D eigenvalue weighted by atomic mass is 10.0. The maximum Gasteiger partial charge on any atom is 0.303 e. The first kappa shape index (κ1) is 12.0. The van der Waals surface area contributed by atoms with Crippen molar-refractivity contribution in [3.63, 3.8) is 0 Å². The van der Waals surface area contributed by atoms with Crippen molar-refractivity contribution in [3.05, 3.63) is 0 Å². The molecule has 1 amide bonds. The third-order valence-corrected chi connectivity index (χ3v) is 3.21. The second-order valence-electron chi connectivity index (χ2n) is 4.36. The molecule has 0 unspecified atom stereocenters. The largest absolute Gasteiger partial charge is 0.481 e. The van der Waals surface area contributed by atoms with Crippen molar-refractivity contribution in [1.29, 1.82) is 0 Å². The van der Waals surface area contributed by atoms with Gasteiger partial charge < -0.3 is 10.0 Å². The Bertz CT molecular complexity index is 259. The molecule has 0 heterocycles. The fraction of sp³-hybridized carbons (Fsp3) is 0.818. The number of hydrogen-bond donors (Lipinski definition) is 1. The smallest absolute Gasteiger partial charge is 0.303 e. The van der Waals surface area contributed by atoms with Gasteiger partial charge in [0.05, 0.1) is 0 Å². The summed E-state index contributed by atoms with van der Waals surface area (Å²) < 4.78 is 0. The van der Waals surface area contributed by atoms with Gasteiger partial charge in [-0.3, -0.25) is 9.59 Å². The topological polar surface area (TPSA) is 57.6 Å². The number of rotatable bonds is 6. The molecule has 0 radical (unpaired) electrons. The molecule has 15 heavy (non-hydrogen) atoms. The zero-order valence-electron chi connectivity index (χ0n) is 9.45. The molecular weight excluding hydrogens is 194 g/mol. The number of aliphatic carboxylic acids is 1. The molecule has 4 heteroatoms. The Morgan fingerprint density at radius 2 is 2.00 bits per heavy atom. The van der Waals surface area contributed by atoms with Crippen LogP contribution in [0.2, 0.25) is 0 Å². The van der Waals surface area contributed by atoms with Crippen molar-refractivity contribution >= 4 is 11.9 Å². The van der Waals surface area contributed by atoms with Crippen molar-refractivity contribution in [3.8, 4) is 0 Å². The normalized spacial score (nSPS) is 17.2. The van der Waals surface area contributed by atoms with Crippen LogP contribution in [0.25, 0.3) is 0 Å². The van der Waals surface area contributed by atoms with E-state index in [9.17, 15) is 9.59 Å². The van der Waals surface area contributed by atoms with Crippen molar-refractivity contribution in [2.45, 2.75) is 39.0 Å². The number of hydrogen-bond acceptors (Lipinski definition) is 2. The molecule has 1 fully saturated rings. The molecule has 0 bridgehead atoms. The number of amides is 1. The molecule has 0 spiro atoms. The fourth-order valence-corrected chi connectivity index (χ4v) is 1.84. The van der Waals surface area contributed by atoms with E-state index in [1.807, 2.05) is 6.92 Å². The van der Waals surface area contributed by atoms with E-state index in [4.69, 9.17) is 5.11 Å². The Balaban J connectivity index is 2.31. The Labute approximate surface area is 90.3 Å². The van der Waals surface area contributed by atoms with E-state index in [1.54, 1.807) is 11.9 Å². The third kappa shape index (κ3) is 2.94. The van der Waals surface area contributed by atoms with E-state index in [0.29, 0.717) is 13.0 Å². The molecule has 4 nitrogen and oxygen atoms in total. The third-order valence-electron chi connectivity index (χ3n) is 3.21. The van der Waals surface area contributed by atoms with Crippen LogP contribution < -0.4 is 0 Å². The maximum atomic E-state index is 11.9. The molecule has 0 aromatic carbocycles. The van der Waals surface area contributed by atoms with Gasteiger partial charge in [-0.1, -0.05) is 6.92 Å². The molecule has 1 aliphatic carbocycles. The SMILES string of the molecule is CCC1(C(=O)N(C)CCCC(=O)O)CC1. The lowest BCUT2D eigenvalue weighted by Gasteiger charge is -2.22. The van der Waals surface area contributed by atoms with Crippen LogP contribution in [-0.2, 0) is 9.59 Å². The summed E-state index contributed by atoms with van der Waals surface area (Å²) in [6.07, 6.45) is 3.56. The fourth-order valence-electron chi connectivity index (χ4n) is 1.84. The monoisotopic (exact) mass is 213 g/mol. The van der Waals surface area contributed by atoms with Gasteiger partial charge in [-0.15, -0.1) is 0 Å². The molecule has 1 N–H and O–H groups in total. The number of carbonyl (C=O) groups is 2. The van der Waals surface area contributed by atoms with Crippen LogP contribution in [0.5, 0.6) is 0 Å². The Kier molecular flexibility index (Phi) is 3.72. The van der Waals surface area contributed by atoms with Crippen molar-refractivity contribution in [2.24, 2.45) is 5.41 Å². The minimum Gasteiger partial charge on any atom is -0.481 e. The summed E-state index contributed by atoms with van der Waals surface area (Å²) in [7, 11) is 1.76. The van der Waals surface area contributed by atoms with Crippen molar-refractivity contribution in [1.82, 2.24) is 4.90 Å². The van der Waals surface area contributed by atoms with Crippen LogP contribution in [-0.4, -0.2) is 35.5 Å². The van der Waals surface area contributed by atoms with Crippen LogP contribution in [0.1, 0.15) is 39.0 Å². The lowest BCUT2D eigenvalue weighted by Crippen LogP contribution is -2.34. The van der Waals surface area contributed by atoms with E-state index < -0.39 is 5.97 Å². The number of nitrogens with zero attached hydrogens (tertiary/aromatic N) is 1. The zero-order valence-corrected chi connectivity index (χ0v) is 9.45. The summed E-state index contributed by atoms with van der Waals surface area (Å²) >= 11 is 0. The molecule has 0 aromatic rings. The summed E-state index contributed by atoms with van der Waals surface area (Å²) in [6.45, 7) is 2.59. The van der Waals surface area contributed by atoms with Gasteiger partial charge in [0.2, 0.25) is 5.91 Å². The highest BCUT2D eigenvalue weighted by atomic mass is 16.4. The molecule has 1 aliphatic rings. The van der Waals surface area contributed by atoms with Crippen LogP contribution in [0.4, 0.5) is 0 Å². The Morgan fingerprint density at radius 1 is 1.40 bits per heavy atom. The first-order valence-electron chi connectivity index (χ1n) is 5.49. The van der Waals surface area contributed by atoms with Crippen LogP contribution in [0, 0.1) is 5.41 Å².